The Balaban J connectivity index is 1.34. The molecule has 0 atom stereocenters. The van der Waals surface area contributed by atoms with Crippen molar-refractivity contribution in [3.8, 4) is 11.4 Å². The summed E-state index contributed by atoms with van der Waals surface area (Å²) >= 11 is 0. The Kier molecular flexibility index (Phi) is 5.16. The van der Waals surface area contributed by atoms with Crippen molar-refractivity contribution in [1.82, 2.24) is 20.0 Å². The fraction of sp³-hybridized carbons (Fsp3) is 0.381. The fourth-order valence-electron chi connectivity index (χ4n) is 3.75. The van der Waals surface area contributed by atoms with Gasteiger partial charge < -0.3 is 9.42 Å². The van der Waals surface area contributed by atoms with Crippen LogP contribution in [0.5, 0.6) is 0 Å². The van der Waals surface area contributed by atoms with Crippen molar-refractivity contribution in [2.24, 2.45) is 0 Å². The SMILES string of the molecule is Cc1ccccc1N1CCC(N(C)Cc2nc(-c3ccncc3)no2)CC1. The number of rotatable bonds is 5. The maximum atomic E-state index is 5.45. The molecule has 0 radical (unpaired) electrons. The lowest BCUT2D eigenvalue weighted by Gasteiger charge is -2.38. The molecule has 6 nitrogen and oxygen atoms in total. The van der Waals surface area contributed by atoms with Gasteiger partial charge in [0, 0.05) is 42.8 Å². The van der Waals surface area contributed by atoms with E-state index in [1.165, 1.54) is 11.3 Å². The molecule has 6 heteroatoms. The second-order valence-electron chi connectivity index (χ2n) is 7.17. The van der Waals surface area contributed by atoms with E-state index in [1.54, 1.807) is 12.4 Å². The van der Waals surface area contributed by atoms with E-state index in [0.29, 0.717) is 24.3 Å². The smallest absolute Gasteiger partial charge is 0.241 e. The molecule has 1 aromatic carbocycles. The number of nitrogens with zero attached hydrogens (tertiary/aromatic N) is 5. The minimum Gasteiger partial charge on any atom is -0.371 e. The van der Waals surface area contributed by atoms with Gasteiger partial charge in [-0.25, -0.2) is 0 Å². The van der Waals surface area contributed by atoms with E-state index < -0.39 is 0 Å². The Hall–Kier alpha value is -2.73. The third kappa shape index (κ3) is 4.01. The summed E-state index contributed by atoms with van der Waals surface area (Å²) in [5, 5.41) is 4.10. The molecule has 0 saturated carbocycles. The topological polar surface area (TPSA) is 58.3 Å². The normalized spacial score (nSPS) is 15.4. The largest absolute Gasteiger partial charge is 0.371 e. The van der Waals surface area contributed by atoms with Crippen LogP contribution >= 0.6 is 0 Å². The zero-order valence-corrected chi connectivity index (χ0v) is 15.9. The van der Waals surface area contributed by atoms with Crippen LogP contribution in [0.4, 0.5) is 5.69 Å². The minimum absolute atomic E-state index is 0.529. The zero-order valence-electron chi connectivity index (χ0n) is 15.9. The number of piperidine rings is 1. The highest BCUT2D eigenvalue weighted by Crippen LogP contribution is 2.25. The molecule has 4 rings (SSSR count). The first-order valence-corrected chi connectivity index (χ1v) is 9.44. The molecule has 2 aromatic heterocycles. The number of aryl methyl sites for hydroxylation is 1. The second-order valence-corrected chi connectivity index (χ2v) is 7.17. The molecule has 0 unspecified atom stereocenters. The van der Waals surface area contributed by atoms with Crippen molar-refractivity contribution < 1.29 is 4.52 Å². The molecular weight excluding hydrogens is 338 g/mol. The fourth-order valence-corrected chi connectivity index (χ4v) is 3.75. The van der Waals surface area contributed by atoms with Crippen LogP contribution in [0.25, 0.3) is 11.4 Å². The number of anilines is 1. The molecule has 1 saturated heterocycles. The minimum atomic E-state index is 0.529. The highest BCUT2D eigenvalue weighted by molar-refractivity contribution is 5.53. The molecular formula is C21H25N5O. The van der Waals surface area contributed by atoms with Crippen LogP contribution in [0, 0.1) is 6.92 Å². The summed E-state index contributed by atoms with van der Waals surface area (Å²) in [4.78, 5) is 13.4. The van der Waals surface area contributed by atoms with E-state index >= 15 is 0 Å². The standard InChI is InChI=1S/C21H25N5O/c1-16-5-3-4-6-19(16)26-13-9-18(10-14-26)25(2)15-20-23-21(24-27-20)17-7-11-22-12-8-17/h3-8,11-12,18H,9-10,13-15H2,1-2H3. The monoisotopic (exact) mass is 363 g/mol. The van der Waals surface area contributed by atoms with E-state index in [2.05, 4.69) is 63.2 Å². The molecule has 0 spiro atoms. The molecule has 0 aliphatic carbocycles. The maximum absolute atomic E-state index is 5.45. The van der Waals surface area contributed by atoms with Crippen LogP contribution in [-0.4, -0.2) is 46.2 Å². The number of hydrogen-bond acceptors (Lipinski definition) is 6. The van der Waals surface area contributed by atoms with Crippen LogP contribution in [0.2, 0.25) is 0 Å². The number of aromatic nitrogens is 3. The Morgan fingerprint density at radius 3 is 2.59 bits per heavy atom. The molecule has 1 aliphatic heterocycles. The predicted octanol–water partition coefficient (Wildman–Crippen LogP) is 3.54. The van der Waals surface area contributed by atoms with Crippen molar-refractivity contribution in [1.29, 1.82) is 0 Å². The van der Waals surface area contributed by atoms with Crippen LogP contribution in [-0.2, 0) is 6.54 Å². The van der Waals surface area contributed by atoms with E-state index in [9.17, 15) is 0 Å². The van der Waals surface area contributed by atoms with Crippen LogP contribution in [0.15, 0.2) is 53.3 Å². The zero-order chi connectivity index (χ0) is 18.6. The van der Waals surface area contributed by atoms with Gasteiger partial charge in [-0.2, -0.15) is 4.98 Å². The van der Waals surface area contributed by atoms with Crippen molar-refractivity contribution in [2.45, 2.75) is 32.4 Å². The highest BCUT2D eigenvalue weighted by Gasteiger charge is 2.24. The van der Waals surface area contributed by atoms with Gasteiger partial charge in [-0.1, -0.05) is 23.4 Å². The molecule has 0 bridgehead atoms. The third-order valence-electron chi connectivity index (χ3n) is 5.34. The van der Waals surface area contributed by atoms with Crippen LogP contribution in [0.3, 0.4) is 0 Å². The van der Waals surface area contributed by atoms with Crippen molar-refractivity contribution >= 4 is 5.69 Å². The Bertz CT molecular complexity index is 871. The van der Waals surface area contributed by atoms with Crippen LogP contribution in [0.1, 0.15) is 24.3 Å². The van der Waals surface area contributed by atoms with E-state index in [0.717, 1.165) is 31.5 Å². The molecule has 0 amide bonds. The van der Waals surface area contributed by atoms with Gasteiger partial charge in [0.1, 0.15) is 0 Å². The second kappa shape index (κ2) is 7.88. The van der Waals surface area contributed by atoms with E-state index in [4.69, 9.17) is 4.52 Å². The average Bonchev–Trinajstić information content (AvgIpc) is 3.18. The highest BCUT2D eigenvalue weighted by atomic mass is 16.5. The summed E-state index contributed by atoms with van der Waals surface area (Å²) in [6.45, 7) is 5.01. The van der Waals surface area contributed by atoms with Gasteiger partial charge in [-0.3, -0.25) is 9.88 Å². The lowest BCUT2D eigenvalue weighted by molar-refractivity contribution is 0.177. The average molecular weight is 363 g/mol. The number of para-hydroxylation sites is 1. The molecule has 1 aliphatic rings. The predicted molar refractivity (Wildman–Crippen MR) is 105 cm³/mol. The lowest BCUT2D eigenvalue weighted by atomic mass is 10.0. The summed E-state index contributed by atoms with van der Waals surface area (Å²) in [5.74, 6) is 1.28. The van der Waals surface area contributed by atoms with Gasteiger partial charge in [0.15, 0.2) is 0 Å². The van der Waals surface area contributed by atoms with Crippen LogP contribution < -0.4 is 4.90 Å². The Labute approximate surface area is 159 Å². The molecule has 140 valence electrons. The Morgan fingerprint density at radius 1 is 1.11 bits per heavy atom. The first kappa shape index (κ1) is 17.7. The van der Waals surface area contributed by atoms with Gasteiger partial charge in [0.2, 0.25) is 11.7 Å². The summed E-state index contributed by atoms with van der Waals surface area (Å²) < 4.78 is 5.45. The van der Waals surface area contributed by atoms with Gasteiger partial charge in [-0.05, 0) is 50.6 Å². The number of hydrogen-bond donors (Lipinski definition) is 0. The maximum Gasteiger partial charge on any atom is 0.241 e. The summed E-state index contributed by atoms with van der Waals surface area (Å²) in [6, 6.07) is 12.9. The molecule has 0 N–H and O–H groups in total. The quantitative estimate of drug-likeness (QED) is 0.691. The first-order valence-electron chi connectivity index (χ1n) is 9.44. The summed E-state index contributed by atoms with van der Waals surface area (Å²) in [6.07, 6.45) is 5.74. The van der Waals surface area contributed by atoms with Crippen molar-refractivity contribution in [3.05, 3.63) is 60.2 Å². The summed E-state index contributed by atoms with van der Waals surface area (Å²) in [7, 11) is 2.14. The van der Waals surface area contributed by atoms with Crippen molar-refractivity contribution in [3.63, 3.8) is 0 Å². The number of benzene rings is 1. The van der Waals surface area contributed by atoms with Crippen molar-refractivity contribution in [2.75, 3.05) is 25.0 Å². The number of pyridine rings is 1. The third-order valence-corrected chi connectivity index (χ3v) is 5.34. The Morgan fingerprint density at radius 2 is 1.85 bits per heavy atom. The molecule has 3 heterocycles. The van der Waals surface area contributed by atoms with Gasteiger partial charge in [0.05, 0.1) is 6.54 Å². The van der Waals surface area contributed by atoms with E-state index in [1.807, 2.05) is 12.1 Å². The van der Waals surface area contributed by atoms with Gasteiger partial charge in [-0.15, -0.1) is 0 Å². The lowest BCUT2D eigenvalue weighted by Crippen LogP contribution is -2.43. The van der Waals surface area contributed by atoms with E-state index in [-0.39, 0.29) is 0 Å². The molecule has 3 aromatic rings. The molecule has 27 heavy (non-hydrogen) atoms. The summed E-state index contributed by atoms with van der Waals surface area (Å²) in [5.41, 5.74) is 3.63. The van der Waals surface area contributed by atoms with Gasteiger partial charge >= 0.3 is 0 Å². The molecule has 1 fully saturated rings. The van der Waals surface area contributed by atoms with Gasteiger partial charge in [0.25, 0.3) is 0 Å². The first-order chi connectivity index (χ1) is 13.2.